The van der Waals surface area contributed by atoms with Gasteiger partial charge in [-0.2, -0.15) is 0 Å². The van der Waals surface area contributed by atoms with E-state index in [1.807, 2.05) is 18.9 Å². The number of thiocarbonyl (C=S) groups is 1. The van der Waals surface area contributed by atoms with E-state index in [1.165, 1.54) is 0 Å². The minimum atomic E-state index is -2.98. The van der Waals surface area contributed by atoms with E-state index in [9.17, 15) is 8.42 Å². The Kier molecular flexibility index (Phi) is 5.69. The second-order valence-electron chi connectivity index (χ2n) is 3.97. The van der Waals surface area contributed by atoms with E-state index in [2.05, 4.69) is 0 Å². The molecule has 0 fully saturated rings. The van der Waals surface area contributed by atoms with Crippen LogP contribution in [0.4, 0.5) is 0 Å². The minimum Gasteiger partial charge on any atom is -0.392 e. The summed E-state index contributed by atoms with van der Waals surface area (Å²) < 4.78 is 23.1. The third-order valence-electron chi connectivity index (χ3n) is 2.52. The lowest BCUT2D eigenvalue weighted by molar-refractivity contribution is 0.330. The van der Waals surface area contributed by atoms with Gasteiger partial charge in [-0.3, -0.25) is 4.90 Å². The molecule has 0 spiro atoms. The van der Waals surface area contributed by atoms with Crippen LogP contribution in [0.3, 0.4) is 0 Å². The second-order valence-corrected chi connectivity index (χ2v) is 7.12. The van der Waals surface area contributed by atoms with Gasteiger partial charge in [0.2, 0.25) is 0 Å². The quantitative estimate of drug-likeness (QED) is 0.694. The molecule has 0 bridgehead atoms. The molecule has 0 saturated carbocycles. The van der Waals surface area contributed by atoms with E-state index in [0.29, 0.717) is 11.5 Å². The Bertz CT molecular complexity index is 312. The summed E-state index contributed by atoms with van der Waals surface area (Å²) in [6.07, 6.45) is 0. The van der Waals surface area contributed by atoms with Gasteiger partial charge < -0.3 is 5.73 Å². The molecule has 0 amide bonds. The zero-order valence-electron chi connectivity index (χ0n) is 9.73. The highest BCUT2D eigenvalue weighted by Crippen LogP contribution is 2.03. The van der Waals surface area contributed by atoms with E-state index < -0.39 is 9.84 Å². The van der Waals surface area contributed by atoms with Gasteiger partial charge in [-0.1, -0.05) is 12.2 Å². The van der Waals surface area contributed by atoms with Gasteiger partial charge in [0.15, 0.2) is 9.84 Å². The SMILES string of the molecule is CC(C(N)=S)N(C)CCS(=O)(=O)C(C)C. The maximum atomic E-state index is 11.5. The fraction of sp³-hybridized carbons (Fsp3) is 0.889. The van der Waals surface area contributed by atoms with Crippen molar-refractivity contribution < 1.29 is 8.42 Å². The molecule has 6 heteroatoms. The van der Waals surface area contributed by atoms with Gasteiger partial charge in [0.25, 0.3) is 0 Å². The van der Waals surface area contributed by atoms with Crippen molar-refractivity contribution in [2.45, 2.75) is 32.1 Å². The maximum Gasteiger partial charge on any atom is 0.153 e. The number of hydrogen-bond donors (Lipinski definition) is 1. The van der Waals surface area contributed by atoms with Crippen molar-refractivity contribution in [3.05, 3.63) is 0 Å². The van der Waals surface area contributed by atoms with Gasteiger partial charge in [0, 0.05) is 6.54 Å². The Morgan fingerprint density at radius 3 is 2.20 bits per heavy atom. The third kappa shape index (κ3) is 4.90. The van der Waals surface area contributed by atoms with E-state index in [0.717, 1.165) is 0 Å². The summed E-state index contributed by atoms with van der Waals surface area (Å²) in [6.45, 7) is 5.70. The molecule has 90 valence electrons. The van der Waals surface area contributed by atoms with Crippen LogP contribution < -0.4 is 5.73 Å². The topological polar surface area (TPSA) is 63.4 Å². The van der Waals surface area contributed by atoms with E-state index >= 15 is 0 Å². The van der Waals surface area contributed by atoms with Crippen LogP contribution in [0, 0.1) is 0 Å². The molecule has 0 aromatic heterocycles. The smallest absolute Gasteiger partial charge is 0.153 e. The molecule has 0 saturated heterocycles. The van der Waals surface area contributed by atoms with Crippen molar-refractivity contribution >= 4 is 27.0 Å². The number of hydrogen-bond acceptors (Lipinski definition) is 4. The Morgan fingerprint density at radius 2 is 1.87 bits per heavy atom. The highest BCUT2D eigenvalue weighted by molar-refractivity contribution is 7.92. The molecule has 0 rings (SSSR count). The number of rotatable bonds is 6. The van der Waals surface area contributed by atoms with E-state index in [-0.39, 0.29) is 17.0 Å². The van der Waals surface area contributed by atoms with Crippen molar-refractivity contribution in [1.29, 1.82) is 0 Å². The number of nitrogens with zero attached hydrogens (tertiary/aromatic N) is 1. The lowest BCUT2D eigenvalue weighted by Gasteiger charge is -2.23. The third-order valence-corrected chi connectivity index (χ3v) is 5.05. The Hall–Kier alpha value is -0.200. The molecule has 0 aromatic carbocycles. The first-order chi connectivity index (χ1) is 6.68. The zero-order valence-corrected chi connectivity index (χ0v) is 11.4. The molecule has 2 N–H and O–H groups in total. The number of likely N-dealkylation sites (N-methyl/N-ethyl adjacent to an activating group) is 1. The van der Waals surface area contributed by atoms with E-state index in [4.69, 9.17) is 18.0 Å². The first-order valence-electron chi connectivity index (χ1n) is 4.89. The van der Waals surface area contributed by atoms with Crippen LogP contribution in [0.1, 0.15) is 20.8 Å². The van der Waals surface area contributed by atoms with Gasteiger partial charge in [-0.25, -0.2) is 8.42 Å². The monoisotopic (exact) mass is 252 g/mol. The highest BCUT2D eigenvalue weighted by Gasteiger charge is 2.19. The van der Waals surface area contributed by atoms with Crippen molar-refractivity contribution in [2.24, 2.45) is 5.73 Å². The first kappa shape index (κ1) is 14.8. The normalized spacial score (nSPS) is 14.5. The number of sulfone groups is 1. The lowest BCUT2D eigenvalue weighted by atomic mass is 10.3. The molecule has 15 heavy (non-hydrogen) atoms. The molecular weight excluding hydrogens is 232 g/mol. The summed E-state index contributed by atoms with van der Waals surface area (Å²) in [6, 6.07) is -0.0673. The largest absolute Gasteiger partial charge is 0.392 e. The van der Waals surface area contributed by atoms with E-state index in [1.54, 1.807) is 13.8 Å². The molecule has 1 atom stereocenters. The molecule has 4 nitrogen and oxygen atoms in total. The Balaban J connectivity index is 4.24. The Morgan fingerprint density at radius 1 is 1.40 bits per heavy atom. The molecule has 0 aliphatic carbocycles. The maximum absolute atomic E-state index is 11.5. The molecule has 1 unspecified atom stereocenters. The van der Waals surface area contributed by atoms with Crippen LogP contribution in [-0.2, 0) is 9.84 Å². The predicted octanol–water partition coefficient (Wildman–Crippen LogP) is 0.416. The van der Waals surface area contributed by atoms with Gasteiger partial charge >= 0.3 is 0 Å². The van der Waals surface area contributed by atoms with Crippen LogP contribution >= 0.6 is 12.2 Å². The molecule has 0 aliphatic rings. The Labute approximate surface area is 97.7 Å². The molecule has 0 aromatic rings. The van der Waals surface area contributed by atoms with Crippen molar-refractivity contribution in [3.63, 3.8) is 0 Å². The van der Waals surface area contributed by atoms with Gasteiger partial charge in [-0.15, -0.1) is 0 Å². The molecule has 0 aliphatic heterocycles. The van der Waals surface area contributed by atoms with Crippen LogP contribution in [-0.4, -0.2) is 48.9 Å². The standard InChI is InChI=1S/C9H20N2O2S2/c1-7(2)15(12,13)6-5-11(4)8(3)9(10)14/h7-8H,5-6H2,1-4H3,(H2,10,14). The average Bonchev–Trinajstić information content (AvgIpc) is 2.12. The summed E-state index contributed by atoms with van der Waals surface area (Å²) in [4.78, 5) is 2.24. The molecule has 0 radical (unpaired) electrons. The molecule has 0 heterocycles. The molecular formula is C9H20N2O2S2. The van der Waals surface area contributed by atoms with Crippen molar-refractivity contribution in [3.8, 4) is 0 Å². The lowest BCUT2D eigenvalue weighted by Crippen LogP contribution is -2.41. The highest BCUT2D eigenvalue weighted by atomic mass is 32.2. The average molecular weight is 252 g/mol. The van der Waals surface area contributed by atoms with Crippen molar-refractivity contribution in [1.82, 2.24) is 4.90 Å². The van der Waals surface area contributed by atoms with Gasteiger partial charge in [0.1, 0.15) is 0 Å². The van der Waals surface area contributed by atoms with Gasteiger partial charge in [0.05, 0.1) is 22.0 Å². The minimum absolute atomic E-state index is 0.0673. The fourth-order valence-corrected chi connectivity index (χ4v) is 2.11. The fourth-order valence-electron chi connectivity index (χ4n) is 0.918. The predicted molar refractivity (Wildman–Crippen MR) is 67.8 cm³/mol. The summed E-state index contributed by atoms with van der Waals surface area (Å²) >= 11 is 4.84. The van der Waals surface area contributed by atoms with Gasteiger partial charge in [-0.05, 0) is 27.8 Å². The second kappa shape index (κ2) is 5.77. The first-order valence-corrected chi connectivity index (χ1v) is 7.02. The summed E-state index contributed by atoms with van der Waals surface area (Å²) in [5.74, 6) is 0.147. The van der Waals surface area contributed by atoms with Crippen LogP contribution in [0.5, 0.6) is 0 Å². The van der Waals surface area contributed by atoms with Crippen LogP contribution in [0.2, 0.25) is 0 Å². The van der Waals surface area contributed by atoms with Crippen LogP contribution in [0.15, 0.2) is 0 Å². The van der Waals surface area contributed by atoms with Crippen molar-refractivity contribution in [2.75, 3.05) is 19.3 Å². The summed E-state index contributed by atoms with van der Waals surface area (Å²) in [5, 5.41) is -0.328. The summed E-state index contributed by atoms with van der Waals surface area (Å²) in [5.41, 5.74) is 5.48. The zero-order chi connectivity index (χ0) is 12.2. The summed E-state index contributed by atoms with van der Waals surface area (Å²) in [7, 11) is -1.16. The number of nitrogens with two attached hydrogens (primary N) is 1. The van der Waals surface area contributed by atoms with Crippen LogP contribution in [0.25, 0.3) is 0 Å².